The Morgan fingerprint density at radius 2 is 2.10 bits per heavy atom. The minimum Gasteiger partial charge on any atom is -0.477 e. The monoisotopic (exact) mass is 575 g/mol. The van der Waals surface area contributed by atoms with Gasteiger partial charge in [-0.1, -0.05) is 0 Å². The maximum absolute atomic E-state index is 13.7. The number of rotatable bonds is 12. The van der Waals surface area contributed by atoms with Gasteiger partial charge in [-0.3, -0.25) is 19.5 Å². The molecule has 3 aromatic heterocycles. The Bertz CT molecular complexity index is 1420. The van der Waals surface area contributed by atoms with Crippen molar-refractivity contribution in [2.45, 2.75) is 50.1 Å². The van der Waals surface area contributed by atoms with Crippen LogP contribution in [-0.2, 0) is 10.0 Å². The number of carbonyl (C=O) groups excluding carboxylic acids is 1. The van der Waals surface area contributed by atoms with Crippen LogP contribution in [0, 0.1) is 0 Å². The van der Waals surface area contributed by atoms with Gasteiger partial charge in [0.1, 0.15) is 11.9 Å². The topological polar surface area (TPSA) is 139 Å². The zero-order valence-corrected chi connectivity index (χ0v) is 23.0. The third-order valence-corrected chi connectivity index (χ3v) is 9.36. The Kier molecular flexibility index (Phi) is 8.33. The second-order valence-corrected chi connectivity index (χ2v) is 12.5. The molecule has 0 bridgehead atoms. The van der Waals surface area contributed by atoms with E-state index in [2.05, 4.69) is 30.0 Å². The van der Waals surface area contributed by atoms with Crippen molar-refractivity contribution in [3.05, 3.63) is 47.6 Å². The number of carbonyl (C=O) groups is 1. The maximum Gasteiger partial charge on any atom is 0.280 e. The quantitative estimate of drug-likeness (QED) is 0.333. The number of anilines is 1. The first kappa shape index (κ1) is 27.3. The van der Waals surface area contributed by atoms with Crippen LogP contribution in [0.4, 0.5) is 10.1 Å². The molecule has 1 unspecified atom stereocenters. The van der Waals surface area contributed by atoms with Crippen molar-refractivity contribution < 1.29 is 22.3 Å². The number of pyridine rings is 1. The van der Waals surface area contributed by atoms with E-state index in [1.165, 1.54) is 23.7 Å². The van der Waals surface area contributed by atoms with Crippen LogP contribution >= 0.6 is 11.3 Å². The zero-order valence-electron chi connectivity index (χ0n) is 21.4. The molecule has 2 N–H and O–H groups in total. The van der Waals surface area contributed by atoms with Crippen LogP contribution in [0.3, 0.4) is 0 Å². The highest BCUT2D eigenvalue weighted by Crippen LogP contribution is 2.31. The van der Waals surface area contributed by atoms with Gasteiger partial charge >= 0.3 is 0 Å². The third-order valence-electron chi connectivity index (χ3n) is 6.47. The van der Waals surface area contributed by atoms with E-state index < -0.39 is 28.1 Å². The summed E-state index contributed by atoms with van der Waals surface area (Å²) in [5.41, 5.74) is 1.43. The molecule has 1 amide bonds. The number of likely N-dealkylation sites (tertiary alicyclic amines) is 1. The molecule has 1 saturated carbocycles. The molecule has 2 atom stereocenters. The second-order valence-electron chi connectivity index (χ2n) is 9.52. The van der Waals surface area contributed by atoms with Crippen LogP contribution in [0.1, 0.15) is 54.1 Å². The molecule has 2 fully saturated rings. The van der Waals surface area contributed by atoms with Gasteiger partial charge in [-0.05, 0) is 44.7 Å². The Hall–Kier alpha value is -3.23. The number of thiazole rings is 1. The maximum atomic E-state index is 13.7. The molecule has 0 radical (unpaired) electrons. The number of hydrogen-bond acceptors (Lipinski definition) is 10. The van der Waals surface area contributed by atoms with Crippen molar-refractivity contribution in [3.63, 3.8) is 0 Å². The fourth-order valence-electron chi connectivity index (χ4n) is 4.32. The van der Waals surface area contributed by atoms with Crippen LogP contribution in [-0.4, -0.2) is 76.8 Å². The summed E-state index contributed by atoms with van der Waals surface area (Å²) in [4.78, 5) is 33.2. The molecule has 1 aliphatic carbocycles. The minimum atomic E-state index is -3.45. The van der Waals surface area contributed by atoms with Crippen molar-refractivity contribution in [2.24, 2.45) is 0 Å². The SMILES string of the molecule is CCOc1cncc(-c2cnc(C(=O)N[C@@H](CCN3CCC(F)C3)c3cc(NS(=O)(=O)C4CC4)ccn3)s2)n1. The number of halogens is 1. The number of aromatic nitrogens is 4. The van der Waals surface area contributed by atoms with E-state index in [0.717, 1.165) is 0 Å². The first-order valence-corrected chi connectivity index (χ1v) is 15.2. The van der Waals surface area contributed by atoms with E-state index in [9.17, 15) is 17.6 Å². The first-order valence-electron chi connectivity index (χ1n) is 12.9. The molecule has 11 nitrogen and oxygen atoms in total. The molecule has 39 heavy (non-hydrogen) atoms. The van der Waals surface area contributed by atoms with Gasteiger partial charge in [-0.2, -0.15) is 0 Å². The fourth-order valence-corrected chi connectivity index (χ4v) is 6.48. The molecule has 1 saturated heterocycles. The number of amides is 1. The Balaban J connectivity index is 1.33. The van der Waals surface area contributed by atoms with Gasteiger partial charge < -0.3 is 15.0 Å². The molecule has 0 aromatic carbocycles. The number of nitrogens with zero attached hydrogens (tertiary/aromatic N) is 5. The van der Waals surface area contributed by atoms with E-state index in [1.807, 2.05) is 11.8 Å². The highest BCUT2D eigenvalue weighted by atomic mass is 32.2. The number of alkyl halides is 1. The largest absolute Gasteiger partial charge is 0.477 e. The van der Waals surface area contributed by atoms with Crippen LogP contribution in [0.25, 0.3) is 10.6 Å². The Labute approximate surface area is 230 Å². The second kappa shape index (κ2) is 11.9. The van der Waals surface area contributed by atoms with E-state index in [4.69, 9.17) is 4.74 Å². The summed E-state index contributed by atoms with van der Waals surface area (Å²) < 4.78 is 46.7. The molecule has 0 spiro atoms. The lowest BCUT2D eigenvalue weighted by Crippen LogP contribution is -2.33. The van der Waals surface area contributed by atoms with Gasteiger partial charge in [0.05, 0.1) is 46.6 Å². The molecule has 3 aromatic rings. The van der Waals surface area contributed by atoms with E-state index in [-0.39, 0.29) is 10.3 Å². The van der Waals surface area contributed by atoms with Gasteiger partial charge in [0, 0.05) is 32.0 Å². The predicted octanol–water partition coefficient (Wildman–Crippen LogP) is 3.20. The van der Waals surface area contributed by atoms with Gasteiger partial charge in [-0.15, -0.1) is 11.3 Å². The molecule has 208 valence electrons. The Morgan fingerprint density at radius 3 is 2.85 bits per heavy atom. The molecule has 14 heteroatoms. The standard InChI is InChI=1S/C25H30FN7O4S2/c1-2-37-23-14-27-12-21(30-23)22-13-29-25(38-22)24(34)31-19(7-10-33-9-6-16(26)15-33)20-11-17(5-8-28-20)32-39(35,36)18-3-4-18/h5,8,11-14,16,18-19H,2-4,6-7,9-10,15H2,1H3,(H,28,32)(H,31,34)/t16?,19-/m0/s1. The predicted molar refractivity (Wildman–Crippen MR) is 145 cm³/mol. The average Bonchev–Trinajstić information content (AvgIpc) is 3.53. The van der Waals surface area contributed by atoms with Gasteiger partial charge in [0.25, 0.3) is 5.91 Å². The lowest BCUT2D eigenvalue weighted by molar-refractivity contribution is 0.0930. The first-order chi connectivity index (χ1) is 18.8. The molecular weight excluding hydrogens is 545 g/mol. The Morgan fingerprint density at radius 1 is 1.26 bits per heavy atom. The summed E-state index contributed by atoms with van der Waals surface area (Å²) in [5, 5.41) is 2.86. The van der Waals surface area contributed by atoms with Crippen LogP contribution in [0.2, 0.25) is 0 Å². The van der Waals surface area contributed by atoms with Crippen LogP contribution in [0.15, 0.2) is 36.9 Å². The lowest BCUT2D eigenvalue weighted by Gasteiger charge is -2.22. The number of sulfonamides is 1. The molecule has 1 aliphatic heterocycles. The summed E-state index contributed by atoms with van der Waals surface area (Å²) in [7, 11) is -3.45. The van der Waals surface area contributed by atoms with Crippen molar-refractivity contribution in [1.82, 2.24) is 30.2 Å². The summed E-state index contributed by atoms with van der Waals surface area (Å²) in [6, 6.07) is 2.67. The van der Waals surface area contributed by atoms with Crippen molar-refractivity contribution in [2.75, 3.05) is 31.0 Å². The highest BCUT2D eigenvalue weighted by Gasteiger charge is 2.36. The minimum absolute atomic E-state index is 0.231. The van der Waals surface area contributed by atoms with E-state index in [1.54, 1.807) is 24.5 Å². The zero-order chi connectivity index (χ0) is 27.4. The average molecular weight is 576 g/mol. The summed E-state index contributed by atoms with van der Waals surface area (Å²) >= 11 is 1.17. The third kappa shape index (κ3) is 7.05. The number of ether oxygens (including phenoxy) is 1. The van der Waals surface area contributed by atoms with E-state index in [0.29, 0.717) is 79.8 Å². The fraction of sp³-hybridized carbons (Fsp3) is 0.480. The number of nitrogens with one attached hydrogen (secondary N) is 2. The summed E-state index contributed by atoms with van der Waals surface area (Å²) in [6.07, 6.45) is 7.56. The van der Waals surface area contributed by atoms with Gasteiger partial charge in [0.2, 0.25) is 15.9 Å². The molecular formula is C25H30FN7O4S2. The lowest BCUT2D eigenvalue weighted by atomic mass is 10.1. The highest BCUT2D eigenvalue weighted by molar-refractivity contribution is 7.93. The van der Waals surface area contributed by atoms with Gasteiger partial charge in [0.15, 0.2) is 5.01 Å². The van der Waals surface area contributed by atoms with Crippen molar-refractivity contribution in [3.8, 4) is 16.5 Å². The smallest absolute Gasteiger partial charge is 0.280 e. The van der Waals surface area contributed by atoms with Crippen LogP contribution in [0.5, 0.6) is 5.88 Å². The summed E-state index contributed by atoms with van der Waals surface area (Å²) in [5.74, 6) is -0.0177. The van der Waals surface area contributed by atoms with Crippen molar-refractivity contribution >= 4 is 33.0 Å². The summed E-state index contributed by atoms with van der Waals surface area (Å²) in [6.45, 7) is 3.86. The molecule has 2 aliphatic rings. The van der Waals surface area contributed by atoms with Crippen LogP contribution < -0.4 is 14.8 Å². The molecule has 4 heterocycles. The van der Waals surface area contributed by atoms with Crippen molar-refractivity contribution in [1.29, 1.82) is 0 Å². The number of hydrogen-bond donors (Lipinski definition) is 2. The molecule has 5 rings (SSSR count). The van der Waals surface area contributed by atoms with Gasteiger partial charge in [-0.25, -0.2) is 22.8 Å². The normalized spacial score (nSPS) is 18.6. The van der Waals surface area contributed by atoms with E-state index >= 15 is 0 Å².